The van der Waals surface area contributed by atoms with Crippen LogP contribution in [0.1, 0.15) is 33.6 Å². The first-order chi connectivity index (χ1) is 8.30. The van der Waals surface area contributed by atoms with Gasteiger partial charge in [0.05, 0.1) is 0 Å². The third-order valence-electron chi connectivity index (χ3n) is 2.02. The number of carbonyl (C=O) groups excluding carboxylic acids is 2. The Morgan fingerprint density at radius 2 is 1.94 bits per heavy atom. The number of likely N-dealkylation sites (N-methyl/N-ethyl adjacent to an activating group) is 1. The zero-order valence-corrected chi connectivity index (χ0v) is 12.1. The third kappa shape index (κ3) is 8.14. The normalized spacial score (nSPS) is 12.7. The van der Waals surface area contributed by atoms with Gasteiger partial charge in [-0.2, -0.15) is 0 Å². The molecule has 7 heteroatoms. The highest BCUT2D eigenvalue weighted by Crippen LogP contribution is 2.07. The molecule has 0 bridgehead atoms. The van der Waals surface area contributed by atoms with Crippen LogP contribution in [-0.2, 0) is 9.53 Å². The maximum atomic E-state index is 11.6. The van der Waals surface area contributed by atoms with Crippen molar-refractivity contribution in [3.05, 3.63) is 0 Å². The molecule has 0 unspecified atom stereocenters. The van der Waals surface area contributed by atoms with Crippen molar-refractivity contribution < 1.29 is 14.3 Å². The Hall–Kier alpha value is -1.01. The molecular formula is C11H22ClN3O3. The second-order valence-electron chi connectivity index (χ2n) is 4.84. The van der Waals surface area contributed by atoms with Gasteiger partial charge < -0.3 is 15.4 Å². The lowest BCUT2D eigenvalue weighted by Gasteiger charge is -2.22. The van der Waals surface area contributed by atoms with Crippen LogP contribution in [0.25, 0.3) is 0 Å². The van der Waals surface area contributed by atoms with Crippen LogP contribution < -0.4 is 15.5 Å². The number of carbonyl (C=O) groups is 2. The largest absolute Gasteiger partial charge is 0.444 e. The molecule has 0 radical (unpaired) electrons. The lowest BCUT2D eigenvalue weighted by Crippen LogP contribution is -2.47. The van der Waals surface area contributed by atoms with Crippen LogP contribution in [0.3, 0.4) is 0 Å². The van der Waals surface area contributed by atoms with Gasteiger partial charge in [-0.1, -0.05) is 0 Å². The Labute approximate surface area is 113 Å². The predicted molar refractivity (Wildman–Crippen MR) is 70.3 cm³/mol. The molecule has 0 saturated carbocycles. The molecule has 0 aliphatic carbocycles. The van der Waals surface area contributed by atoms with Crippen molar-refractivity contribution in [1.82, 2.24) is 15.5 Å². The molecule has 3 N–H and O–H groups in total. The van der Waals surface area contributed by atoms with E-state index in [0.29, 0.717) is 19.4 Å². The minimum Gasteiger partial charge on any atom is -0.444 e. The van der Waals surface area contributed by atoms with Crippen molar-refractivity contribution in [3.63, 3.8) is 0 Å². The van der Waals surface area contributed by atoms with E-state index in [2.05, 4.69) is 15.5 Å². The summed E-state index contributed by atoms with van der Waals surface area (Å²) in [5.41, 5.74) is -0.588. The molecule has 0 rings (SSSR count). The zero-order valence-electron chi connectivity index (χ0n) is 11.3. The van der Waals surface area contributed by atoms with Gasteiger partial charge in [0, 0.05) is 13.6 Å². The van der Waals surface area contributed by atoms with E-state index >= 15 is 0 Å². The predicted octanol–water partition coefficient (Wildman–Crippen LogP) is 1.15. The first-order valence-electron chi connectivity index (χ1n) is 5.84. The summed E-state index contributed by atoms with van der Waals surface area (Å²) in [7, 11) is 1.52. The maximum Gasteiger partial charge on any atom is 0.408 e. The Morgan fingerprint density at radius 3 is 2.39 bits per heavy atom. The average molecular weight is 280 g/mol. The molecule has 0 aromatic rings. The van der Waals surface area contributed by atoms with Crippen molar-refractivity contribution in [3.8, 4) is 0 Å². The minimum atomic E-state index is -0.616. The van der Waals surface area contributed by atoms with Gasteiger partial charge in [-0.3, -0.25) is 4.79 Å². The van der Waals surface area contributed by atoms with Crippen molar-refractivity contribution >= 4 is 23.8 Å². The van der Waals surface area contributed by atoms with E-state index in [9.17, 15) is 9.59 Å². The van der Waals surface area contributed by atoms with Gasteiger partial charge in [-0.25, -0.2) is 9.63 Å². The van der Waals surface area contributed by atoms with Gasteiger partial charge in [0.25, 0.3) is 0 Å². The lowest BCUT2D eigenvalue weighted by molar-refractivity contribution is -0.122. The topological polar surface area (TPSA) is 79.5 Å². The molecule has 2 amide bonds. The molecule has 0 spiro atoms. The van der Waals surface area contributed by atoms with Crippen molar-refractivity contribution in [2.24, 2.45) is 0 Å². The van der Waals surface area contributed by atoms with Crippen LogP contribution >= 0.6 is 11.8 Å². The van der Waals surface area contributed by atoms with Crippen LogP contribution in [0.2, 0.25) is 0 Å². The zero-order chi connectivity index (χ0) is 14.2. The van der Waals surface area contributed by atoms with E-state index in [-0.39, 0.29) is 5.91 Å². The number of ether oxygens (including phenoxy) is 1. The lowest BCUT2D eigenvalue weighted by atomic mass is 10.1. The van der Waals surface area contributed by atoms with Crippen LogP contribution in [0, 0.1) is 0 Å². The summed E-state index contributed by atoms with van der Waals surface area (Å²) in [6.45, 7) is 5.85. The SMILES string of the molecule is CNC(=O)[C@@H](CCCNCl)NC(=O)OC(C)(C)C. The second kappa shape index (κ2) is 8.16. The monoisotopic (exact) mass is 279 g/mol. The number of nitrogens with one attached hydrogen (secondary N) is 3. The molecule has 0 saturated heterocycles. The summed E-state index contributed by atoms with van der Waals surface area (Å²) in [4.78, 5) is 25.6. The van der Waals surface area contributed by atoms with Gasteiger partial charge in [-0.15, -0.1) is 0 Å². The molecule has 1 atom stereocenters. The maximum absolute atomic E-state index is 11.6. The first-order valence-corrected chi connectivity index (χ1v) is 6.22. The fraction of sp³-hybridized carbons (Fsp3) is 0.818. The summed E-state index contributed by atoms with van der Waals surface area (Å²) < 4.78 is 5.10. The minimum absolute atomic E-state index is 0.254. The Kier molecular flexibility index (Phi) is 7.70. The highest BCUT2D eigenvalue weighted by Gasteiger charge is 2.23. The van der Waals surface area contributed by atoms with Gasteiger partial charge >= 0.3 is 6.09 Å². The van der Waals surface area contributed by atoms with Crippen LogP contribution in [0.4, 0.5) is 4.79 Å². The number of amides is 2. The third-order valence-corrected chi connectivity index (χ3v) is 2.21. The molecule has 0 aliphatic heterocycles. The van der Waals surface area contributed by atoms with Crippen LogP contribution in [0.5, 0.6) is 0 Å². The summed E-state index contributed by atoms with van der Waals surface area (Å²) in [6, 6.07) is -0.616. The van der Waals surface area contributed by atoms with Gasteiger partial charge in [0.1, 0.15) is 11.6 Å². The summed E-state index contributed by atoms with van der Waals surface area (Å²) >= 11 is 5.33. The smallest absolute Gasteiger partial charge is 0.408 e. The van der Waals surface area contributed by atoms with Gasteiger partial charge in [-0.05, 0) is 45.4 Å². The molecule has 6 nitrogen and oxygen atoms in total. The van der Waals surface area contributed by atoms with E-state index in [4.69, 9.17) is 16.5 Å². The number of hydrogen-bond acceptors (Lipinski definition) is 4. The summed E-state index contributed by atoms with van der Waals surface area (Å²) in [5, 5.41) is 5.04. The standard InChI is InChI=1S/C11H22ClN3O3/c1-11(2,3)18-10(17)15-8(9(16)13-4)6-5-7-14-12/h8,14H,5-7H2,1-4H3,(H,13,16)(H,15,17)/t8-/m1/s1. The summed E-state index contributed by atoms with van der Waals surface area (Å²) in [5.74, 6) is -0.254. The highest BCUT2D eigenvalue weighted by atomic mass is 35.5. The molecule has 0 aliphatic rings. The van der Waals surface area contributed by atoms with E-state index in [1.54, 1.807) is 20.8 Å². The van der Waals surface area contributed by atoms with Gasteiger partial charge in [0.2, 0.25) is 5.91 Å². The average Bonchev–Trinajstić information content (AvgIpc) is 2.24. The molecule has 0 fully saturated rings. The fourth-order valence-electron chi connectivity index (χ4n) is 1.27. The van der Waals surface area contributed by atoms with Crippen LogP contribution in [-0.4, -0.2) is 37.2 Å². The second-order valence-corrected chi connectivity index (χ2v) is 5.11. The molecule has 106 valence electrons. The number of halogens is 1. The highest BCUT2D eigenvalue weighted by molar-refractivity contribution is 6.13. The molecule has 0 aromatic carbocycles. The Balaban J connectivity index is 4.31. The molecule has 18 heavy (non-hydrogen) atoms. The molecule has 0 heterocycles. The van der Waals surface area contributed by atoms with Crippen molar-refractivity contribution in [2.75, 3.05) is 13.6 Å². The van der Waals surface area contributed by atoms with E-state index in [1.807, 2.05) is 0 Å². The van der Waals surface area contributed by atoms with E-state index in [0.717, 1.165) is 0 Å². The number of alkyl carbamates (subject to hydrolysis) is 1. The molecular weight excluding hydrogens is 258 g/mol. The first kappa shape index (κ1) is 17.0. The number of rotatable bonds is 6. The number of hydrogen-bond donors (Lipinski definition) is 3. The van der Waals surface area contributed by atoms with Crippen molar-refractivity contribution in [1.29, 1.82) is 0 Å². The van der Waals surface area contributed by atoms with Crippen molar-refractivity contribution in [2.45, 2.75) is 45.3 Å². The summed E-state index contributed by atoms with van der Waals surface area (Å²) in [6.07, 6.45) is 0.547. The van der Waals surface area contributed by atoms with E-state index < -0.39 is 17.7 Å². The van der Waals surface area contributed by atoms with Gasteiger partial charge in [0.15, 0.2) is 0 Å². The fourth-order valence-corrected chi connectivity index (χ4v) is 1.40. The Bertz CT molecular complexity index is 279. The van der Waals surface area contributed by atoms with E-state index in [1.165, 1.54) is 7.05 Å². The Morgan fingerprint density at radius 1 is 1.33 bits per heavy atom. The van der Waals surface area contributed by atoms with Crippen LogP contribution in [0.15, 0.2) is 0 Å². The quantitative estimate of drug-likeness (QED) is 0.503. The molecule has 0 aromatic heterocycles.